The van der Waals surface area contributed by atoms with Crippen molar-refractivity contribution in [3.63, 3.8) is 0 Å². The molecule has 0 atom stereocenters. The fourth-order valence-electron chi connectivity index (χ4n) is 3.77. The molecule has 0 N–H and O–H groups in total. The molecule has 0 aromatic heterocycles. The second-order valence-corrected chi connectivity index (χ2v) is 24.1. The molecule has 0 aliphatic rings. The first-order valence-corrected chi connectivity index (χ1v) is 18.1. The summed E-state index contributed by atoms with van der Waals surface area (Å²) >= 11 is 0. The molecule has 0 aliphatic carbocycles. The molecule has 0 saturated heterocycles. The minimum absolute atomic E-state index is 0.535. The third-order valence-corrected chi connectivity index (χ3v) is 24.4. The van der Waals surface area contributed by atoms with Crippen molar-refractivity contribution in [1.82, 2.24) is 0 Å². The van der Waals surface area contributed by atoms with Gasteiger partial charge in [0.2, 0.25) is 0 Å². The number of hydrogen-bond donors (Lipinski definition) is 0. The van der Waals surface area contributed by atoms with E-state index in [1.807, 2.05) is 29.4 Å². The highest BCUT2D eigenvalue weighted by atomic mass is 29.3. The lowest BCUT2D eigenvalue weighted by molar-refractivity contribution is 0.258. The summed E-state index contributed by atoms with van der Waals surface area (Å²) in [4.78, 5) is 0. The van der Waals surface area contributed by atoms with Gasteiger partial charge in [-0.1, -0.05) is 116 Å². The summed E-state index contributed by atoms with van der Waals surface area (Å²) in [6, 6.07) is 30.3. The highest BCUT2D eigenvalue weighted by Crippen LogP contribution is 2.20. The minimum atomic E-state index is -1.63. The maximum Gasteiger partial charge on any atom is 0.107 e. The van der Waals surface area contributed by atoms with Crippen molar-refractivity contribution in [1.29, 1.82) is 0 Å². The van der Waals surface area contributed by atoms with Crippen LogP contribution >= 0.6 is 0 Å². The summed E-state index contributed by atoms with van der Waals surface area (Å²) in [7, 11) is -3.22. The van der Waals surface area contributed by atoms with E-state index in [-0.39, 0.29) is 0 Å². The van der Waals surface area contributed by atoms with E-state index in [9.17, 15) is 0 Å². The van der Waals surface area contributed by atoms with E-state index in [4.69, 9.17) is 9.84 Å². The van der Waals surface area contributed by atoms with Gasteiger partial charge in [0.25, 0.3) is 0 Å². The van der Waals surface area contributed by atoms with Crippen LogP contribution in [0.1, 0.15) is 5.56 Å². The Morgan fingerprint density at radius 1 is 0.781 bits per heavy atom. The lowest BCUT2D eigenvalue weighted by atomic mass is 10.2. The highest BCUT2D eigenvalue weighted by Gasteiger charge is 2.43. The summed E-state index contributed by atoms with van der Waals surface area (Å²) in [5, 5.41) is 9.75. The molecular weight excluding hydrogens is 424 g/mol. The fourth-order valence-corrected chi connectivity index (χ4v) is 12.6. The first-order valence-electron chi connectivity index (χ1n) is 11.1. The van der Waals surface area contributed by atoms with Gasteiger partial charge in [0.05, 0.1) is 39.9 Å². The Bertz CT molecular complexity index is 1020. The topological polar surface area (TPSA) is 24.8 Å². The number of nitrogens with zero attached hydrogens (tertiary/aromatic N) is 2. The third kappa shape index (κ3) is 5.47. The van der Waals surface area contributed by atoms with Crippen molar-refractivity contribution in [2.24, 2.45) is 5.10 Å². The Hall–Kier alpha value is -2.90. The number of hydrazone groups is 1. The molecule has 0 saturated carbocycles. The van der Waals surface area contributed by atoms with Gasteiger partial charge in [0, 0.05) is 0 Å². The van der Waals surface area contributed by atoms with Gasteiger partial charge in [0.15, 0.2) is 0 Å². The number of para-hydroxylation sites is 1. The first-order chi connectivity index (χ1) is 15.4. The normalized spacial score (nSPS) is 12.0. The number of rotatable bonds is 10. The van der Waals surface area contributed by atoms with Crippen LogP contribution in [0.5, 0.6) is 0 Å². The summed E-state index contributed by atoms with van der Waals surface area (Å²) in [5.41, 5.74) is 2.14. The van der Waals surface area contributed by atoms with E-state index in [0.717, 1.165) is 11.3 Å². The van der Waals surface area contributed by atoms with Gasteiger partial charge in [-0.3, -0.25) is 5.01 Å². The minimum Gasteiger partial charge on any atom is -0.500 e. The smallest absolute Gasteiger partial charge is 0.107 e. The summed E-state index contributed by atoms with van der Waals surface area (Å²) < 4.78 is 5.32. The molecule has 3 nitrogen and oxygen atoms in total. The van der Waals surface area contributed by atoms with Gasteiger partial charge in [-0.2, -0.15) is 5.10 Å². The number of ether oxygens (including phenoxy) is 1. The van der Waals surface area contributed by atoms with Crippen LogP contribution in [0.3, 0.4) is 0 Å². The second kappa shape index (κ2) is 10.6. The molecular formula is C27H34N2OSi2. The molecule has 5 heteroatoms. The number of anilines is 1. The molecule has 3 rings (SSSR count). The monoisotopic (exact) mass is 458 g/mol. The standard InChI is InChI=1S/C27H34N2OSi2/c1-6-30-22-21-29(25-13-9-7-10-14-25)28-23-24-17-19-27(20-18-24)32(4,5)31(2,3)26-15-11-8-12-16-26/h6-20,23H,1,21-22H2,2-5H3/b28-23+. The van der Waals surface area contributed by atoms with E-state index in [0.29, 0.717) is 13.2 Å². The Kier molecular flexibility index (Phi) is 7.88. The van der Waals surface area contributed by atoms with Crippen molar-refractivity contribution >= 4 is 37.5 Å². The van der Waals surface area contributed by atoms with E-state index >= 15 is 0 Å². The number of benzene rings is 3. The van der Waals surface area contributed by atoms with Crippen LogP contribution < -0.4 is 15.4 Å². The second-order valence-electron chi connectivity index (χ2n) is 8.98. The third-order valence-electron chi connectivity index (χ3n) is 6.63. The van der Waals surface area contributed by atoms with Crippen molar-refractivity contribution < 1.29 is 4.74 Å². The van der Waals surface area contributed by atoms with Crippen molar-refractivity contribution in [3.8, 4) is 0 Å². The molecule has 32 heavy (non-hydrogen) atoms. The Morgan fingerprint density at radius 3 is 1.88 bits per heavy atom. The maximum absolute atomic E-state index is 5.32. The fraction of sp³-hybridized carbons (Fsp3) is 0.222. The largest absolute Gasteiger partial charge is 0.500 e. The van der Waals surface area contributed by atoms with Gasteiger partial charge in [0.1, 0.15) is 6.61 Å². The van der Waals surface area contributed by atoms with E-state index in [2.05, 4.69) is 99.5 Å². The van der Waals surface area contributed by atoms with Crippen LogP contribution in [-0.4, -0.2) is 34.5 Å². The molecule has 166 valence electrons. The maximum atomic E-state index is 5.32. The van der Waals surface area contributed by atoms with E-state index < -0.39 is 15.2 Å². The molecule has 0 unspecified atom stereocenters. The van der Waals surface area contributed by atoms with Crippen LogP contribution in [-0.2, 0) is 4.74 Å². The van der Waals surface area contributed by atoms with Crippen LogP contribution in [0.25, 0.3) is 0 Å². The first kappa shape index (κ1) is 23.8. The van der Waals surface area contributed by atoms with E-state index in [1.54, 1.807) is 5.19 Å². The average Bonchev–Trinajstić information content (AvgIpc) is 2.82. The Balaban J connectivity index is 1.79. The molecule has 3 aromatic carbocycles. The summed E-state index contributed by atoms with van der Waals surface area (Å²) in [5.74, 6) is 0. The van der Waals surface area contributed by atoms with Crippen LogP contribution in [0, 0.1) is 0 Å². The number of hydrogen-bond acceptors (Lipinski definition) is 3. The Labute approximate surface area is 194 Å². The van der Waals surface area contributed by atoms with Crippen LogP contribution in [0.2, 0.25) is 26.2 Å². The molecule has 0 heterocycles. The molecule has 0 aliphatic heterocycles. The quantitative estimate of drug-likeness (QED) is 0.135. The molecule has 0 bridgehead atoms. The molecule has 3 aromatic rings. The summed E-state index contributed by atoms with van der Waals surface area (Å²) in [6.45, 7) is 14.9. The lowest BCUT2D eigenvalue weighted by Crippen LogP contribution is -2.69. The zero-order valence-electron chi connectivity index (χ0n) is 19.7. The molecule has 0 amide bonds. The SMILES string of the molecule is C=COCCN(/N=C/c1ccc([Si](C)(C)[Si](C)(C)c2ccccc2)cc1)c1ccccc1. The predicted molar refractivity (Wildman–Crippen MR) is 145 cm³/mol. The summed E-state index contributed by atoms with van der Waals surface area (Å²) in [6.07, 6.45) is 3.40. The van der Waals surface area contributed by atoms with Crippen molar-refractivity contribution in [2.75, 3.05) is 18.2 Å². The zero-order valence-corrected chi connectivity index (χ0v) is 21.7. The molecule has 0 fully saturated rings. The lowest BCUT2D eigenvalue weighted by Gasteiger charge is -2.39. The Morgan fingerprint density at radius 2 is 1.31 bits per heavy atom. The molecule has 0 spiro atoms. The molecule has 0 radical (unpaired) electrons. The highest BCUT2D eigenvalue weighted by molar-refractivity contribution is 7.49. The van der Waals surface area contributed by atoms with E-state index in [1.165, 1.54) is 11.4 Å². The van der Waals surface area contributed by atoms with Gasteiger partial charge in [-0.25, -0.2) is 0 Å². The van der Waals surface area contributed by atoms with Gasteiger partial charge < -0.3 is 4.74 Å². The van der Waals surface area contributed by atoms with Gasteiger partial charge >= 0.3 is 0 Å². The van der Waals surface area contributed by atoms with Crippen molar-refractivity contribution in [3.05, 3.63) is 103 Å². The predicted octanol–water partition coefficient (Wildman–Crippen LogP) is 5.30. The van der Waals surface area contributed by atoms with Crippen LogP contribution in [0.15, 0.2) is 103 Å². The van der Waals surface area contributed by atoms with Gasteiger partial charge in [-0.05, 0) is 17.7 Å². The average molecular weight is 459 g/mol. The van der Waals surface area contributed by atoms with Crippen molar-refractivity contribution in [2.45, 2.75) is 26.2 Å². The zero-order chi connectivity index (χ0) is 23.0. The van der Waals surface area contributed by atoms with Gasteiger partial charge in [-0.15, -0.1) is 0 Å². The van der Waals surface area contributed by atoms with Crippen LogP contribution in [0.4, 0.5) is 5.69 Å².